The van der Waals surface area contributed by atoms with Crippen LogP contribution in [0.4, 0.5) is 10.5 Å². The van der Waals surface area contributed by atoms with Gasteiger partial charge in [-0.3, -0.25) is 14.9 Å². The summed E-state index contributed by atoms with van der Waals surface area (Å²) in [7, 11) is 1.51. The van der Waals surface area contributed by atoms with Crippen molar-refractivity contribution < 1.29 is 28.6 Å². The topological polar surface area (TPSA) is 94.2 Å². The summed E-state index contributed by atoms with van der Waals surface area (Å²) in [5.41, 5.74) is 0.519. The molecule has 1 aliphatic heterocycles. The van der Waals surface area contributed by atoms with Gasteiger partial charge in [-0.15, -0.1) is 0 Å². The number of para-hydroxylation sites is 3. The van der Waals surface area contributed by atoms with Gasteiger partial charge in [0.2, 0.25) is 0 Å². The molecule has 1 heterocycles. The van der Waals surface area contributed by atoms with Crippen LogP contribution in [0.15, 0.2) is 48.0 Å². The van der Waals surface area contributed by atoms with Crippen molar-refractivity contribution >= 4 is 29.6 Å². The fourth-order valence-corrected chi connectivity index (χ4v) is 3.17. The average molecular weight is 438 g/mol. The third-order valence-corrected chi connectivity index (χ3v) is 4.93. The molecule has 0 saturated carbocycles. The van der Waals surface area contributed by atoms with Crippen LogP contribution in [0.2, 0.25) is 0 Å². The van der Waals surface area contributed by atoms with Crippen LogP contribution in [0.25, 0.3) is 6.08 Å². The number of methoxy groups -OCH3 is 1. The number of nitrogens with zero attached hydrogens (tertiary/aromatic N) is 1. The van der Waals surface area contributed by atoms with Crippen LogP contribution in [0.3, 0.4) is 0 Å². The molecule has 1 fully saturated rings. The number of benzene rings is 2. The molecule has 0 aromatic heterocycles. The highest BCUT2D eigenvalue weighted by atomic mass is 16.5. The van der Waals surface area contributed by atoms with E-state index in [0.29, 0.717) is 29.4 Å². The number of ether oxygens (including phenoxy) is 3. The molecule has 32 heavy (non-hydrogen) atoms. The van der Waals surface area contributed by atoms with Gasteiger partial charge in [0.1, 0.15) is 11.3 Å². The minimum Gasteiger partial charge on any atom is -0.493 e. The number of hydrogen-bond acceptors (Lipinski definition) is 6. The predicted octanol–water partition coefficient (Wildman–Crippen LogP) is 3.94. The smallest absolute Gasteiger partial charge is 0.336 e. The molecular formula is C24H26N2O6. The molecule has 0 unspecified atom stereocenters. The van der Waals surface area contributed by atoms with Gasteiger partial charge < -0.3 is 14.2 Å². The maximum absolute atomic E-state index is 13.3. The molecular weight excluding hydrogens is 412 g/mol. The van der Waals surface area contributed by atoms with Gasteiger partial charge in [-0.1, -0.05) is 31.2 Å². The number of hydrogen-bond donors (Lipinski definition) is 1. The second kappa shape index (κ2) is 10.00. The van der Waals surface area contributed by atoms with Gasteiger partial charge in [-0.2, -0.15) is 0 Å². The first-order valence-corrected chi connectivity index (χ1v) is 10.4. The highest BCUT2D eigenvalue weighted by Gasteiger charge is 2.38. The summed E-state index contributed by atoms with van der Waals surface area (Å²) >= 11 is 0. The van der Waals surface area contributed by atoms with Gasteiger partial charge in [0.25, 0.3) is 11.8 Å². The Bertz CT molecular complexity index is 1060. The van der Waals surface area contributed by atoms with E-state index in [1.807, 2.05) is 13.8 Å². The second-order valence-electron chi connectivity index (χ2n) is 7.07. The summed E-state index contributed by atoms with van der Waals surface area (Å²) in [6.07, 6.45) is 2.04. The van der Waals surface area contributed by atoms with Crippen molar-refractivity contribution in [2.24, 2.45) is 0 Å². The number of imide groups is 2. The zero-order valence-electron chi connectivity index (χ0n) is 18.5. The lowest BCUT2D eigenvalue weighted by atomic mass is 10.1. The fraction of sp³-hybridized carbons (Fsp3) is 0.292. The van der Waals surface area contributed by atoms with Gasteiger partial charge >= 0.3 is 6.03 Å². The highest BCUT2D eigenvalue weighted by molar-refractivity contribution is 6.39. The Hall–Kier alpha value is -3.81. The Balaban J connectivity index is 2.08. The van der Waals surface area contributed by atoms with Crippen molar-refractivity contribution in [3.05, 3.63) is 53.6 Å². The third-order valence-electron chi connectivity index (χ3n) is 4.93. The van der Waals surface area contributed by atoms with Crippen LogP contribution in [0.1, 0.15) is 32.8 Å². The SMILES string of the molecule is CCOc1ccccc1N1C(=O)NC(=O)/C(=C\c2cccc(OC)c2O[C@H](C)CC)C1=O. The number of amides is 4. The lowest BCUT2D eigenvalue weighted by Gasteiger charge is -2.28. The van der Waals surface area contributed by atoms with E-state index in [9.17, 15) is 14.4 Å². The molecule has 0 aliphatic carbocycles. The molecule has 8 heteroatoms. The number of urea groups is 1. The molecule has 2 aromatic carbocycles. The van der Waals surface area contributed by atoms with Crippen molar-refractivity contribution in [1.29, 1.82) is 0 Å². The standard InChI is InChI=1S/C24H26N2O6/c1-5-15(3)32-21-16(10-9-13-20(21)30-4)14-17-22(27)25-24(29)26(23(17)28)18-11-7-8-12-19(18)31-6-2/h7-15H,5-6H2,1-4H3,(H,25,27,29)/b17-14+/t15-/m1/s1. The molecule has 168 valence electrons. The van der Waals surface area contributed by atoms with E-state index in [1.54, 1.807) is 49.4 Å². The summed E-state index contributed by atoms with van der Waals surface area (Å²) < 4.78 is 17.0. The molecule has 3 rings (SSSR count). The van der Waals surface area contributed by atoms with Crippen LogP contribution < -0.4 is 24.4 Å². The predicted molar refractivity (Wildman–Crippen MR) is 120 cm³/mol. The van der Waals surface area contributed by atoms with E-state index in [1.165, 1.54) is 13.2 Å². The Morgan fingerprint density at radius 3 is 2.44 bits per heavy atom. The van der Waals surface area contributed by atoms with E-state index in [0.717, 1.165) is 11.3 Å². The molecule has 1 N–H and O–H groups in total. The molecule has 0 spiro atoms. The number of carbonyl (C=O) groups excluding carboxylic acids is 3. The minimum absolute atomic E-state index is 0.115. The second-order valence-corrected chi connectivity index (χ2v) is 7.07. The van der Waals surface area contributed by atoms with Crippen molar-refractivity contribution in [3.8, 4) is 17.2 Å². The van der Waals surface area contributed by atoms with Crippen LogP contribution in [0.5, 0.6) is 17.2 Å². The molecule has 4 amide bonds. The van der Waals surface area contributed by atoms with Gasteiger partial charge in [-0.05, 0) is 44.5 Å². The van der Waals surface area contributed by atoms with Crippen LogP contribution in [0, 0.1) is 0 Å². The Morgan fingerprint density at radius 2 is 1.75 bits per heavy atom. The van der Waals surface area contributed by atoms with Crippen LogP contribution >= 0.6 is 0 Å². The molecule has 0 bridgehead atoms. The Labute approximate surface area is 186 Å². The lowest BCUT2D eigenvalue weighted by molar-refractivity contribution is -0.122. The lowest BCUT2D eigenvalue weighted by Crippen LogP contribution is -2.54. The molecule has 1 aliphatic rings. The highest BCUT2D eigenvalue weighted by Crippen LogP contribution is 2.35. The van der Waals surface area contributed by atoms with E-state index >= 15 is 0 Å². The van der Waals surface area contributed by atoms with Crippen molar-refractivity contribution in [1.82, 2.24) is 5.32 Å². The van der Waals surface area contributed by atoms with Crippen LogP contribution in [-0.4, -0.2) is 37.7 Å². The molecule has 8 nitrogen and oxygen atoms in total. The number of barbiturate groups is 1. The first-order chi connectivity index (χ1) is 15.4. The summed E-state index contributed by atoms with van der Waals surface area (Å²) in [6.45, 7) is 6.04. The van der Waals surface area contributed by atoms with Gasteiger partial charge in [0.15, 0.2) is 11.5 Å². The maximum Gasteiger partial charge on any atom is 0.336 e. The van der Waals surface area contributed by atoms with Crippen molar-refractivity contribution in [2.75, 3.05) is 18.6 Å². The number of anilines is 1. The average Bonchev–Trinajstić information content (AvgIpc) is 2.78. The fourth-order valence-electron chi connectivity index (χ4n) is 3.17. The quantitative estimate of drug-likeness (QED) is 0.496. The van der Waals surface area contributed by atoms with E-state index in [2.05, 4.69) is 5.32 Å². The third kappa shape index (κ3) is 4.59. The Kier molecular flexibility index (Phi) is 7.14. The molecule has 0 radical (unpaired) electrons. The van der Waals surface area contributed by atoms with Gasteiger partial charge in [-0.25, -0.2) is 9.69 Å². The molecule has 1 atom stereocenters. The van der Waals surface area contributed by atoms with Crippen LogP contribution in [-0.2, 0) is 9.59 Å². The maximum atomic E-state index is 13.3. The van der Waals surface area contributed by atoms with E-state index in [-0.39, 0.29) is 17.4 Å². The molecule has 1 saturated heterocycles. The first-order valence-electron chi connectivity index (χ1n) is 10.4. The molecule has 2 aromatic rings. The monoisotopic (exact) mass is 438 g/mol. The van der Waals surface area contributed by atoms with Crippen molar-refractivity contribution in [2.45, 2.75) is 33.3 Å². The number of carbonyl (C=O) groups is 3. The van der Waals surface area contributed by atoms with E-state index < -0.39 is 17.8 Å². The summed E-state index contributed by atoms with van der Waals surface area (Å²) in [6, 6.07) is 11.0. The van der Waals surface area contributed by atoms with Gasteiger partial charge in [0, 0.05) is 5.56 Å². The summed E-state index contributed by atoms with van der Waals surface area (Å²) in [5.74, 6) is -0.311. The zero-order chi connectivity index (χ0) is 23.3. The normalized spacial score (nSPS) is 16.1. The minimum atomic E-state index is -0.842. The zero-order valence-corrected chi connectivity index (χ0v) is 18.5. The largest absolute Gasteiger partial charge is 0.493 e. The van der Waals surface area contributed by atoms with Crippen molar-refractivity contribution in [3.63, 3.8) is 0 Å². The number of rotatable bonds is 8. The Morgan fingerprint density at radius 1 is 1.03 bits per heavy atom. The van der Waals surface area contributed by atoms with E-state index in [4.69, 9.17) is 14.2 Å². The first kappa shape index (κ1) is 22.9. The summed E-state index contributed by atoms with van der Waals surface area (Å²) in [4.78, 5) is 39.4. The van der Waals surface area contributed by atoms with Gasteiger partial charge in [0.05, 0.1) is 25.5 Å². The summed E-state index contributed by atoms with van der Waals surface area (Å²) in [5, 5.41) is 2.23. The number of nitrogens with one attached hydrogen (secondary N) is 1.